The number of rotatable bonds is 7. The summed E-state index contributed by atoms with van der Waals surface area (Å²) in [4.78, 5) is 22.9. The number of hydrogen-bond acceptors (Lipinski definition) is 6. The van der Waals surface area contributed by atoms with Crippen molar-refractivity contribution in [2.45, 2.75) is 12.8 Å². The number of benzene rings is 1. The molecule has 4 rings (SSSR count). The number of nitrogens with one attached hydrogen (secondary N) is 1. The third-order valence-corrected chi connectivity index (χ3v) is 6.30. The van der Waals surface area contributed by atoms with Crippen LogP contribution in [0.25, 0.3) is 0 Å². The van der Waals surface area contributed by atoms with E-state index < -0.39 is 0 Å². The van der Waals surface area contributed by atoms with Gasteiger partial charge in [0.1, 0.15) is 0 Å². The molecule has 1 N–H and O–H groups in total. The standard InChI is InChI=1S/C24H36N8/c1-25-23(31-18-20-32(21-19-31)24-27-11-7-12-28-24)26-10-5-6-13-29-14-16-30(17-15-29)22-8-3-2-4-9-22/h2-4,7-9,11-12H,5-6,10,13-21H2,1H3,(H,25,26). The van der Waals surface area contributed by atoms with Gasteiger partial charge in [-0.3, -0.25) is 9.89 Å². The lowest BCUT2D eigenvalue weighted by atomic mass is 10.2. The van der Waals surface area contributed by atoms with Gasteiger partial charge >= 0.3 is 0 Å². The van der Waals surface area contributed by atoms with Crippen LogP contribution in [0, 0.1) is 0 Å². The highest BCUT2D eigenvalue weighted by Gasteiger charge is 2.21. The smallest absolute Gasteiger partial charge is 0.225 e. The van der Waals surface area contributed by atoms with Crippen molar-refractivity contribution < 1.29 is 0 Å². The van der Waals surface area contributed by atoms with E-state index in [4.69, 9.17) is 0 Å². The van der Waals surface area contributed by atoms with Crippen LogP contribution < -0.4 is 15.1 Å². The van der Waals surface area contributed by atoms with Crippen molar-refractivity contribution in [1.82, 2.24) is 25.1 Å². The molecule has 2 aliphatic heterocycles. The highest BCUT2D eigenvalue weighted by Crippen LogP contribution is 2.15. The molecule has 8 heteroatoms. The molecule has 2 aliphatic rings. The minimum absolute atomic E-state index is 0.819. The maximum Gasteiger partial charge on any atom is 0.225 e. The van der Waals surface area contributed by atoms with E-state index >= 15 is 0 Å². The number of unbranched alkanes of at least 4 members (excludes halogenated alkanes) is 1. The zero-order chi connectivity index (χ0) is 22.0. The first-order valence-electron chi connectivity index (χ1n) is 11.8. The zero-order valence-electron chi connectivity index (χ0n) is 19.2. The molecule has 8 nitrogen and oxygen atoms in total. The number of nitrogens with zero attached hydrogens (tertiary/aromatic N) is 7. The van der Waals surface area contributed by atoms with Crippen molar-refractivity contribution in [3.8, 4) is 0 Å². The summed E-state index contributed by atoms with van der Waals surface area (Å²) >= 11 is 0. The Balaban J connectivity index is 1.09. The van der Waals surface area contributed by atoms with Crippen LogP contribution in [0.15, 0.2) is 53.8 Å². The van der Waals surface area contributed by atoms with Gasteiger partial charge in [0.25, 0.3) is 0 Å². The molecule has 32 heavy (non-hydrogen) atoms. The number of piperazine rings is 2. The van der Waals surface area contributed by atoms with E-state index in [9.17, 15) is 0 Å². The number of aliphatic imine (C=N–C) groups is 1. The van der Waals surface area contributed by atoms with Crippen LogP contribution in [-0.2, 0) is 0 Å². The summed E-state index contributed by atoms with van der Waals surface area (Å²) in [6, 6.07) is 12.6. The molecule has 1 aromatic heterocycles. The molecule has 0 spiro atoms. The van der Waals surface area contributed by atoms with E-state index in [-0.39, 0.29) is 0 Å². The van der Waals surface area contributed by atoms with Gasteiger partial charge in [-0.1, -0.05) is 18.2 Å². The number of para-hydroxylation sites is 1. The summed E-state index contributed by atoms with van der Waals surface area (Å²) in [5.41, 5.74) is 1.35. The van der Waals surface area contributed by atoms with Crippen molar-refractivity contribution in [2.24, 2.45) is 4.99 Å². The first kappa shape index (κ1) is 22.3. The average Bonchev–Trinajstić information content (AvgIpc) is 2.88. The van der Waals surface area contributed by atoms with Crippen molar-refractivity contribution in [3.63, 3.8) is 0 Å². The molecule has 0 amide bonds. The van der Waals surface area contributed by atoms with E-state index in [1.165, 1.54) is 18.7 Å². The largest absolute Gasteiger partial charge is 0.369 e. The summed E-state index contributed by atoms with van der Waals surface area (Å²) in [5.74, 6) is 1.83. The van der Waals surface area contributed by atoms with Crippen molar-refractivity contribution in [3.05, 3.63) is 48.8 Å². The van der Waals surface area contributed by atoms with Gasteiger partial charge in [-0.05, 0) is 37.6 Å². The molecule has 3 heterocycles. The van der Waals surface area contributed by atoms with Gasteiger partial charge in [0, 0.05) is 84.0 Å². The number of hydrogen-bond donors (Lipinski definition) is 1. The molecule has 1 aromatic carbocycles. The van der Waals surface area contributed by atoms with Crippen LogP contribution in [0.4, 0.5) is 11.6 Å². The van der Waals surface area contributed by atoms with E-state index in [1.54, 1.807) is 12.4 Å². The van der Waals surface area contributed by atoms with Crippen molar-refractivity contribution >= 4 is 17.6 Å². The summed E-state index contributed by atoms with van der Waals surface area (Å²) in [6.45, 7) is 10.4. The second kappa shape index (κ2) is 11.7. The fourth-order valence-electron chi connectivity index (χ4n) is 4.43. The molecule has 0 aliphatic carbocycles. The molecule has 0 bridgehead atoms. The van der Waals surface area contributed by atoms with Crippen LogP contribution in [0.1, 0.15) is 12.8 Å². The van der Waals surface area contributed by atoms with Crippen molar-refractivity contribution in [1.29, 1.82) is 0 Å². The minimum Gasteiger partial charge on any atom is -0.369 e. The van der Waals surface area contributed by atoms with Gasteiger partial charge in [-0.2, -0.15) is 0 Å². The highest BCUT2D eigenvalue weighted by atomic mass is 15.4. The van der Waals surface area contributed by atoms with Gasteiger partial charge < -0.3 is 20.0 Å². The van der Waals surface area contributed by atoms with Crippen LogP contribution in [0.2, 0.25) is 0 Å². The van der Waals surface area contributed by atoms with Crippen molar-refractivity contribution in [2.75, 3.05) is 82.3 Å². The summed E-state index contributed by atoms with van der Waals surface area (Å²) in [6.07, 6.45) is 5.99. The fraction of sp³-hybridized carbons (Fsp3) is 0.542. The summed E-state index contributed by atoms with van der Waals surface area (Å²) in [5, 5.41) is 3.56. The third-order valence-electron chi connectivity index (χ3n) is 6.30. The average molecular weight is 437 g/mol. The molecular formula is C24H36N8. The predicted molar refractivity (Wildman–Crippen MR) is 132 cm³/mol. The quantitative estimate of drug-likeness (QED) is 0.403. The van der Waals surface area contributed by atoms with Crippen LogP contribution >= 0.6 is 0 Å². The number of anilines is 2. The Bertz CT molecular complexity index is 812. The molecule has 0 atom stereocenters. The molecule has 0 radical (unpaired) electrons. The first-order chi connectivity index (χ1) is 15.8. The molecule has 0 saturated carbocycles. The molecule has 0 unspecified atom stereocenters. The lowest BCUT2D eigenvalue weighted by Gasteiger charge is -2.36. The normalized spacial score (nSPS) is 18.2. The first-order valence-corrected chi connectivity index (χ1v) is 11.8. The maximum atomic E-state index is 4.50. The topological polar surface area (TPSA) is 63.1 Å². The maximum absolute atomic E-state index is 4.50. The van der Waals surface area contributed by atoms with E-state index in [0.717, 1.165) is 77.2 Å². The Morgan fingerprint density at radius 2 is 1.53 bits per heavy atom. The Hall–Kier alpha value is -2.87. The predicted octanol–water partition coefficient (Wildman–Crippen LogP) is 1.78. The molecule has 172 valence electrons. The summed E-state index contributed by atoms with van der Waals surface area (Å²) in [7, 11) is 1.88. The van der Waals surface area contributed by atoms with Gasteiger partial charge in [-0.25, -0.2) is 9.97 Å². The Morgan fingerprint density at radius 1 is 0.844 bits per heavy atom. The van der Waals surface area contributed by atoms with E-state index in [2.05, 4.69) is 70.2 Å². The highest BCUT2D eigenvalue weighted by molar-refractivity contribution is 5.80. The number of guanidine groups is 1. The summed E-state index contributed by atoms with van der Waals surface area (Å²) < 4.78 is 0. The SMILES string of the molecule is CN=C(NCCCCN1CCN(c2ccccc2)CC1)N1CCN(c2ncccn2)CC1. The van der Waals surface area contributed by atoms with Gasteiger partial charge in [0.2, 0.25) is 5.95 Å². The lowest BCUT2D eigenvalue weighted by molar-refractivity contribution is 0.253. The fourth-order valence-corrected chi connectivity index (χ4v) is 4.43. The Labute approximate surface area is 192 Å². The van der Waals surface area contributed by atoms with Gasteiger partial charge in [-0.15, -0.1) is 0 Å². The molecule has 2 fully saturated rings. The second-order valence-corrected chi connectivity index (χ2v) is 8.37. The lowest BCUT2D eigenvalue weighted by Crippen LogP contribution is -2.53. The van der Waals surface area contributed by atoms with Gasteiger partial charge in [0.05, 0.1) is 0 Å². The monoisotopic (exact) mass is 436 g/mol. The molecule has 2 saturated heterocycles. The zero-order valence-corrected chi connectivity index (χ0v) is 19.2. The Kier molecular flexibility index (Phi) is 8.14. The minimum atomic E-state index is 0.819. The number of aromatic nitrogens is 2. The van der Waals surface area contributed by atoms with Crippen LogP contribution in [-0.4, -0.2) is 98.2 Å². The third kappa shape index (κ3) is 6.09. The Morgan fingerprint density at radius 3 is 2.22 bits per heavy atom. The molecular weight excluding hydrogens is 400 g/mol. The van der Waals surface area contributed by atoms with Crippen LogP contribution in [0.5, 0.6) is 0 Å². The molecule has 2 aromatic rings. The van der Waals surface area contributed by atoms with E-state index in [1.807, 2.05) is 13.1 Å². The second-order valence-electron chi connectivity index (χ2n) is 8.37. The van der Waals surface area contributed by atoms with Gasteiger partial charge in [0.15, 0.2) is 5.96 Å². The van der Waals surface area contributed by atoms with E-state index in [0.29, 0.717) is 0 Å². The van der Waals surface area contributed by atoms with Crippen LogP contribution in [0.3, 0.4) is 0 Å².